The Balaban J connectivity index is 1.88. The third kappa shape index (κ3) is 8.54. The van der Waals surface area contributed by atoms with Gasteiger partial charge in [-0.05, 0) is 70.5 Å². The quantitative estimate of drug-likeness (QED) is 0.208. The summed E-state index contributed by atoms with van der Waals surface area (Å²) in [7, 11) is 0. The van der Waals surface area contributed by atoms with Crippen molar-refractivity contribution >= 4 is 46.0 Å². The molecule has 3 rings (SSSR count). The van der Waals surface area contributed by atoms with Gasteiger partial charge < -0.3 is 15.0 Å². The van der Waals surface area contributed by atoms with Gasteiger partial charge >= 0.3 is 0 Å². The first-order chi connectivity index (χ1) is 17.0. The molecule has 2 amide bonds. The number of unbranched alkanes of at least 4 members (excludes halogenated alkanes) is 1. The molecule has 35 heavy (non-hydrogen) atoms. The van der Waals surface area contributed by atoms with Crippen LogP contribution in [0.4, 0.5) is 0 Å². The zero-order valence-corrected chi connectivity index (χ0v) is 22.7. The van der Waals surface area contributed by atoms with E-state index in [1.165, 1.54) is 0 Å². The number of carbonyl (C=O) groups excluding carboxylic acids is 2. The van der Waals surface area contributed by atoms with E-state index in [1.807, 2.05) is 72.8 Å². The van der Waals surface area contributed by atoms with Crippen LogP contribution in [-0.4, -0.2) is 35.9 Å². The molecule has 0 aliphatic heterocycles. The summed E-state index contributed by atoms with van der Waals surface area (Å²) < 4.78 is 6.87. The highest BCUT2D eigenvalue weighted by Gasteiger charge is 2.31. The van der Waals surface area contributed by atoms with E-state index in [2.05, 4.69) is 34.8 Å². The summed E-state index contributed by atoms with van der Waals surface area (Å²) in [6.45, 7) is 2.66. The fraction of sp³-hybridized carbons (Fsp3) is 0.286. The minimum absolute atomic E-state index is 0.182. The summed E-state index contributed by atoms with van der Waals surface area (Å²) >= 11 is 8.65. The molecule has 7 heteroatoms. The standard InChI is InChI=1S/C28H30ClIN2O3/c1-2-3-17-31-28(34)26(18-21-9-5-4-6-10-21)32(19-22-11-7-8-12-25(22)29)27(33)20-35-24-15-13-23(30)14-16-24/h4-16,26H,2-3,17-20H2,1H3,(H,31,34). The highest BCUT2D eigenvalue weighted by Crippen LogP contribution is 2.21. The summed E-state index contributed by atoms with van der Waals surface area (Å²) in [4.78, 5) is 28.5. The molecule has 1 atom stereocenters. The molecule has 0 aliphatic rings. The number of nitrogens with one attached hydrogen (secondary N) is 1. The number of benzene rings is 3. The van der Waals surface area contributed by atoms with Crippen molar-refractivity contribution in [3.8, 4) is 5.75 Å². The van der Waals surface area contributed by atoms with E-state index in [-0.39, 0.29) is 25.0 Å². The van der Waals surface area contributed by atoms with E-state index in [0.717, 1.165) is 27.5 Å². The van der Waals surface area contributed by atoms with Crippen LogP contribution in [0.2, 0.25) is 5.02 Å². The van der Waals surface area contributed by atoms with Gasteiger partial charge in [0.2, 0.25) is 5.91 Å². The molecule has 3 aromatic rings. The zero-order valence-electron chi connectivity index (χ0n) is 19.8. The minimum Gasteiger partial charge on any atom is -0.484 e. The number of carbonyl (C=O) groups is 2. The van der Waals surface area contributed by atoms with Gasteiger partial charge in [0.05, 0.1) is 0 Å². The van der Waals surface area contributed by atoms with Crippen LogP contribution in [0.5, 0.6) is 5.75 Å². The maximum Gasteiger partial charge on any atom is 0.261 e. The number of nitrogens with zero attached hydrogens (tertiary/aromatic N) is 1. The molecule has 0 bridgehead atoms. The summed E-state index contributed by atoms with van der Waals surface area (Å²) in [5.41, 5.74) is 1.75. The molecule has 1 N–H and O–H groups in total. The van der Waals surface area contributed by atoms with Gasteiger partial charge in [-0.1, -0.05) is 73.5 Å². The number of hydrogen-bond acceptors (Lipinski definition) is 3. The fourth-order valence-electron chi connectivity index (χ4n) is 3.63. The van der Waals surface area contributed by atoms with Crippen LogP contribution in [0.15, 0.2) is 78.9 Å². The molecule has 0 heterocycles. The van der Waals surface area contributed by atoms with Gasteiger partial charge in [0.15, 0.2) is 6.61 Å². The zero-order chi connectivity index (χ0) is 25.0. The first-order valence-electron chi connectivity index (χ1n) is 11.7. The number of amides is 2. The molecule has 3 aromatic carbocycles. The Bertz CT molecular complexity index is 1090. The molecule has 5 nitrogen and oxygen atoms in total. The highest BCUT2D eigenvalue weighted by molar-refractivity contribution is 14.1. The molecule has 0 saturated heterocycles. The first kappa shape index (κ1) is 27.0. The van der Waals surface area contributed by atoms with Crippen molar-refractivity contribution in [2.75, 3.05) is 13.2 Å². The van der Waals surface area contributed by atoms with E-state index in [1.54, 1.807) is 11.0 Å². The number of hydrogen-bond donors (Lipinski definition) is 1. The Kier molecular flexibility index (Phi) is 10.9. The maximum atomic E-state index is 13.5. The summed E-state index contributed by atoms with van der Waals surface area (Å²) in [5, 5.41) is 3.56. The third-order valence-corrected chi connectivity index (χ3v) is 6.66. The van der Waals surface area contributed by atoms with Crippen LogP contribution in [0, 0.1) is 3.57 Å². The Hall–Kier alpha value is -2.58. The van der Waals surface area contributed by atoms with Crippen molar-refractivity contribution in [1.29, 1.82) is 0 Å². The Morgan fingerprint density at radius 1 is 1.00 bits per heavy atom. The van der Waals surface area contributed by atoms with E-state index in [4.69, 9.17) is 16.3 Å². The van der Waals surface area contributed by atoms with Crippen LogP contribution >= 0.6 is 34.2 Å². The van der Waals surface area contributed by atoms with E-state index >= 15 is 0 Å². The lowest BCUT2D eigenvalue weighted by atomic mass is 10.0. The van der Waals surface area contributed by atoms with Gasteiger partial charge in [-0.2, -0.15) is 0 Å². The fourth-order valence-corrected chi connectivity index (χ4v) is 4.18. The predicted molar refractivity (Wildman–Crippen MR) is 149 cm³/mol. The summed E-state index contributed by atoms with van der Waals surface area (Å²) in [6, 6.07) is 23.9. The van der Waals surface area contributed by atoms with Crippen LogP contribution in [-0.2, 0) is 22.6 Å². The average molecular weight is 605 g/mol. The normalized spacial score (nSPS) is 11.5. The lowest BCUT2D eigenvalue weighted by Gasteiger charge is -2.31. The Labute approximate surface area is 226 Å². The van der Waals surface area contributed by atoms with E-state index in [9.17, 15) is 9.59 Å². The van der Waals surface area contributed by atoms with Gasteiger partial charge in [-0.15, -0.1) is 0 Å². The van der Waals surface area contributed by atoms with E-state index in [0.29, 0.717) is 23.7 Å². The van der Waals surface area contributed by atoms with Gasteiger partial charge in [0.1, 0.15) is 11.8 Å². The SMILES string of the molecule is CCCCNC(=O)C(Cc1ccccc1)N(Cc1ccccc1Cl)C(=O)COc1ccc(I)cc1. The van der Waals surface area contributed by atoms with Crippen LogP contribution in [0.25, 0.3) is 0 Å². The molecule has 0 saturated carbocycles. The van der Waals surface area contributed by atoms with Crippen molar-refractivity contribution in [2.45, 2.75) is 38.8 Å². The topological polar surface area (TPSA) is 58.6 Å². The Morgan fingerprint density at radius 3 is 2.37 bits per heavy atom. The lowest BCUT2D eigenvalue weighted by Crippen LogP contribution is -2.51. The molecular weight excluding hydrogens is 575 g/mol. The number of rotatable bonds is 12. The predicted octanol–water partition coefficient (Wildman–Crippen LogP) is 5.88. The molecular formula is C28H30ClIN2O3. The molecule has 0 radical (unpaired) electrons. The summed E-state index contributed by atoms with van der Waals surface area (Å²) in [5.74, 6) is 0.135. The molecule has 0 aromatic heterocycles. The van der Waals surface area contributed by atoms with Crippen molar-refractivity contribution in [1.82, 2.24) is 10.2 Å². The lowest BCUT2D eigenvalue weighted by molar-refractivity contribution is -0.142. The largest absolute Gasteiger partial charge is 0.484 e. The third-order valence-electron chi connectivity index (χ3n) is 5.58. The van der Waals surface area contributed by atoms with Gasteiger partial charge in [0, 0.05) is 28.1 Å². The Morgan fingerprint density at radius 2 is 1.69 bits per heavy atom. The van der Waals surface area contributed by atoms with Gasteiger partial charge in [-0.3, -0.25) is 9.59 Å². The smallest absolute Gasteiger partial charge is 0.261 e. The maximum absolute atomic E-state index is 13.5. The highest BCUT2D eigenvalue weighted by atomic mass is 127. The van der Waals surface area contributed by atoms with Crippen LogP contribution < -0.4 is 10.1 Å². The first-order valence-corrected chi connectivity index (χ1v) is 13.2. The van der Waals surface area contributed by atoms with Crippen LogP contribution in [0.3, 0.4) is 0 Å². The van der Waals surface area contributed by atoms with Crippen LogP contribution in [0.1, 0.15) is 30.9 Å². The molecule has 0 fully saturated rings. The van der Waals surface area contributed by atoms with Crippen molar-refractivity contribution < 1.29 is 14.3 Å². The second-order valence-corrected chi connectivity index (χ2v) is 9.86. The molecule has 1 unspecified atom stereocenters. The van der Waals surface area contributed by atoms with Crippen molar-refractivity contribution in [3.05, 3.63) is 98.6 Å². The average Bonchev–Trinajstić information content (AvgIpc) is 2.87. The molecule has 184 valence electrons. The second-order valence-electron chi connectivity index (χ2n) is 8.21. The summed E-state index contributed by atoms with van der Waals surface area (Å²) in [6.07, 6.45) is 2.23. The molecule has 0 aliphatic carbocycles. The minimum atomic E-state index is -0.710. The number of halogens is 2. The van der Waals surface area contributed by atoms with Crippen molar-refractivity contribution in [2.24, 2.45) is 0 Å². The van der Waals surface area contributed by atoms with Gasteiger partial charge in [-0.25, -0.2) is 0 Å². The monoisotopic (exact) mass is 604 g/mol. The second kappa shape index (κ2) is 14.1. The van der Waals surface area contributed by atoms with Gasteiger partial charge in [0.25, 0.3) is 5.91 Å². The van der Waals surface area contributed by atoms with E-state index < -0.39 is 6.04 Å². The number of ether oxygens (including phenoxy) is 1. The molecule has 0 spiro atoms. The van der Waals surface area contributed by atoms with Crippen molar-refractivity contribution in [3.63, 3.8) is 0 Å².